The van der Waals surface area contributed by atoms with Crippen LogP contribution in [0.25, 0.3) is 6.08 Å². The number of carbonyl (C=O) groups excluding carboxylic acids is 1. The Labute approximate surface area is 222 Å². The number of quaternary nitrogens is 1. The third kappa shape index (κ3) is 3.93. The number of ketones is 1. The second-order valence-corrected chi connectivity index (χ2v) is 10.3. The summed E-state index contributed by atoms with van der Waals surface area (Å²) >= 11 is 0. The number of benzene rings is 3. The van der Waals surface area contributed by atoms with Gasteiger partial charge in [-0.3, -0.25) is 9.69 Å². The van der Waals surface area contributed by atoms with Gasteiger partial charge in [-0.1, -0.05) is 66.7 Å². The van der Waals surface area contributed by atoms with Gasteiger partial charge in [0, 0.05) is 11.1 Å². The minimum Gasteiger partial charge on any atom is -0.497 e. The van der Waals surface area contributed by atoms with Crippen LogP contribution < -0.4 is 9.64 Å². The highest BCUT2D eigenvalue weighted by Gasteiger charge is 2.60. The van der Waals surface area contributed by atoms with E-state index in [9.17, 15) is 15.3 Å². The van der Waals surface area contributed by atoms with E-state index in [1.807, 2.05) is 66.7 Å². The van der Waals surface area contributed by atoms with Crippen LogP contribution in [0, 0.1) is 34.5 Å². The Morgan fingerprint density at radius 2 is 1.61 bits per heavy atom. The molecule has 0 aromatic heterocycles. The average Bonchev–Trinajstić information content (AvgIpc) is 3.76. The summed E-state index contributed by atoms with van der Waals surface area (Å²) in [7, 11) is 1.64. The fraction of sp³-hybridized carbons (Fsp3) is 0.242. The molecule has 0 amide bonds. The number of nitrogens with one attached hydrogen (secondary N) is 1. The molecule has 5 nitrogen and oxygen atoms in total. The SMILES string of the molecule is COc1ccc([C@H]2[C@H](C(=C(C#N)C#N)C3CC3)[C@H]3c4ccccc4C=C[NH+]3[C@@H]2C(=O)c2ccccc2)cc1. The number of rotatable bonds is 6. The van der Waals surface area contributed by atoms with Crippen LogP contribution in [0.2, 0.25) is 0 Å². The summed E-state index contributed by atoms with van der Waals surface area (Å²) in [4.78, 5) is 15.4. The number of hydrogen-bond donors (Lipinski definition) is 1. The molecular formula is C33H28N3O2+. The Hall–Kier alpha value is -4.45. The molecule has 2 fully saturated rings. The maximum absolute atomic E-state index is 14.4. The second kappa shape index (κ2) is 9.78. The molecule has 3 aromatic carbocycles. The zero-order chi connectivity index (χ0) is 26.2. The van der Waals surface area contributed by atoms with Gasteiger partial charge >= 0.3 is 0 Å². The number of nitriles is 2. The van der Waals surface area contributed by atoms with E-state index >= 15 is 0 Å². The third-order valence-corrected chi connectivity index (χ3v) is 8.34. The third-order valence-electron chi connectivity index (χ3n) is 8.34. The van der Waals surface area contributed by atoms with Crippen LogP contribution >= 0.6 is 0 Å². The lowest BCUT2D eigenvalue weighted by atomic mass is 9.72. The molecule has 0 bridgehead atoms. The average molecular weight is 499 g/mol. The molecule has 0 radical (unpaired) electrons. The van der Waals surface area contributed by atoms with Crippen molar-refractivity contribution >= 4 is 11.9 Å². The fourth-order valence-electron chi connectivity index (χ4n) is 6.62. The normalized spacial score (nSPS) is 24.9. The second-order valence-electron chi connectivity index (χ2n) is 10.3. The van der Waals surface area contributed by atoms with Crippen molar-refractivity contribution in [1.82, 2.24) is 0 Å². The minimum atomic E-state index is -0.419. The summed E-state index contributed by atoms with van der Waals surface area (Å²) in [5.74, 6) is 0.612. The first-order valence-corrected chi connectivity index (χ1v) is 13.1. The molecule has 5 heteroatoms. The molecule has 1 saturated heterocycles. The topological polar surface area (TPSA) is 78.3 Å². The molecule has 0 spiro atoms. The van der Waals surface area contributed by atoms with E-state index in [2.05, 4.69) is 36.5 Å². The van der Waals surface area contributed by atoms with Crippen LogP contribution in [0.3, 0.4) is 0 Å². The smallest absolute Gasteiger partial charge is 0.221 e. The molecular weight excluding hydrogens is 470 g/mol. The van der Waals surface area contributed by atoms with Crippen LogP contribution in [-0.2, 0) is 0 Å². The Morgan fingerprint density at radius 3 is 2.26 bits per heavy atom. The van der Waals surface area contributed by atoms with Crippen LogP contribution in [0.4, 0.5) is 0 Å². The van der Waals surface area contributed by atoms with Gasteiger partial charge in [0.05, 0.1) is 25.1 Å². The lowest BCUT2D eigenvalue weighted by Gasteiger charge is -2.30. The summed E-state index contributed by atoms with van der Waals surface area (Å²) in [5.41, 5.74) is 5.10. The van der Waals surface area contributed by atoms with Crippen molar-refractivity contribution in [3.63, 3.8) is 0 Å². The monoisotopic (exact) mass is 498 g/mol. The van der Waals surface area contributed by atoms with Gasteiger partial charge in [0.25, 0.3) is 0 Å². The maximum atomic E-state index is 14.4. The van der Waals surface area contributed by atoms with Crippen molar-refractivity contribution in [2.24, 2.45) is 11.8 Å². The number of Topliss-reactive ketones (excluding diaryl/α,β-unsaturated/α-hetero) is 1. The Balaban J connectivity index is 1.62. The Bertz CT molecular complexity index is 1500. The van der Waals surface area contributed by atoms with Crippen molar-refractivity contribution in [3.8, 4) is 17.9 Å². The molecule has 2 aliphatic heterocycles. The van der Waals surface area contributed by atoms with Gasteiger partial charge in [0.2, 0.25) is 5.78 Å². The molecule has 3 aromatic rings. The lowest BCUT2D eigenvalue weighted by molar-refractivity contribution is -0.884. The van der Waals surface area contributed by atoms with Gasteiger partial charge in [0.1, 0.15) is 29.5 Å². The van der Waals surface area contributed by atoms with Crippen molar-refractivity contribution in [2.45, 2.75) is 30.8 Å². The summed E-state index contributed by atoms with van der Waals surface area (Å²) in [6.45, 7) is 0. The molecule has 2 heterocycles. The van der Waals surface area contributed by atoms with E-state index in [1.54, 1.807) is 7.11 Å². The first-order chi connectivity index (χ1) is 18.7. The van der Waals surface area contributed by atoms with Crippen LogP contribution in [0.1, 0.15) is 51.8 Å². The zero-order valence-corrected chi connectivity index (χ0v) is 21.2. The largest absolute Gasteiger partial charge is 0.497 e. The first kappa shape index (κ1) is 23.9. The summed E-state index contributed by atoms with van der Waals surface area (Å²) in [6.07, 6.45) is 6.16. The van der Waals surface area contributed by atoms with Crippen LogP contribution in [0.5, 0.6) is 5.75 Å². The van der Waals surface area contributed by atoms with Gasteiger partial charge in [-0.15, -0.1) is 0 Å². The number of hydrogen-bond acceptors (Lipinski definition) is 4. The molecule has 38 heavy (non-hydrogen) atoms. The van der Waals surface area contributed by atoms with Crippen molar-refractivity contribution in [3.05, 3.63) is 118 Å². The number of fused-ring (bicyclic) bond motifs is 3. The molecule has 3 aliphatic rings. The fourth-order valence-corrected chi connectivity index (χ4v) is 6.62. The predicted octanol–water partition coefficient (Wildman–Crippen LogP) is 5.02. The van der Waals surface area contributed by atoms with Gasteiger partial charge in [0.15, 0.2) is 6.04 Å². The number of nitrogens with zero attached hydrogens (tertiary/aromatic N) is 2. The summed E-state index contributed by atoms with van der Waals surface area (Å²) in [5, 5.41) is 20.1. The number of carbonyl (C=O) groups is 1. The maximum Gasteiger partial charge on any atom is 0.221 e. The standard InChI is InChI=1S/C33H27N3O2/c1-38-26-15-13-23(14-16-26)29-30(28(22-11-12-22)25(19-34)20-35)31-27-10-6-5-7-21(27)17-18-36(31)32(29)33(37)24-8-3-2-4-9-24/h2-10,13-18,22,29-32H,11-12H2,1H3/p+1/t29-,30-,31+,32-/m0/s1. The van der Waals surface area contributed by atoms with Gasteiger partial charge in [-0.2, -0.15) is 10.5 Å². The highest BCUT2D eigenvalue weighted by atomic mass is 16.5. The lowest BCUT2D eigenvalue weighted by Crippen LogP contribution is -3.11. The van der Waals surface area contributed by atoms with E-state index < -0.39 is 6.04 Å². The number of allylic oxidation sites excluding steroid dienone is 1. The van der Waals surface area contributed by atoms with E-state index in [0.717, 1.165) is 45.8 Å². The van der Waals surface area contributed by atoms with Gasteiger partial charge < -0.3 is 4.74 Å². The highest BCUT2D eigenvalue weighted by Crippen LogP contribution is 2.54. The molecule has 1 unspecified atom stereocenters. The van der Waals surface area contributed by atoms with E-state index in [1.165, 1.54) is 0 Å². The number of ether oxygens (including phenoxy) is 1. The Morgan fingerprint density at radius 1 is 0.921 bits per heavy atom. The van der Waals surface area contributed by atoms with Crippen molar-refractivity contribution < 1.29 is 14.4 Å². The predicted molar refractivity (Wildman–Crippen MR) is 144 cm³/mol. The number of methoxy groups -OCH3 is 1. The molecule has 1 aliphatic carbocycles. The molecule has 1 N–H and O–H groups in total. The van der Waals surface area contributed by atoms with E-state index in [0.29, 0.717) is 5.56 Å². The molecule has 1 saturated carbocycles. The van der Waals surface area contributed by atoms with E-state index in [-0.39, 0.29) is 35.2 Å². The van der Waals surface area contributed by atoms with Crippen LogP contribution in [-0.4, -0.2) is 18.9 Å². The van der Waals surface area contributed by atoms with Gasteiger partial charge in [-0.25, -0.2) is 0 Å². The Kier molecular flexibility index (Phi) is 6.16. The molecule has 5 atom stereocenters. The quantitative estimate of drug-likeness (QED) is 0.382. The summed E-state index contributed by atoms with van der Waals surface area (Å²) < 4.78 is 5.43. The first-order valence-electron chi connectivity index (χ1n) is 13.1. The molecule has 186 valence electrons. The van der Waals surface area contributed by atoms with Crippen molar-refractivity contribution in [1.29, 1.82) is 10.5 Å². The minimum absolute atomic E-state index is 0.0727. The van der Waals surface area contributed by atoms with Gasteiger partial charge in [-0.05, 0) is 53.7 Å². The van der Waals surface area contributed by atoms with E-state index in [4.69, 9.17) is 4.74 Å². The van der Waals surface area contributed by atoms with Crippen LogP contribution in [0.15, 0.2) is 96.2 Å². The molecule has 6 rings (SSSR count). The zero-order valence-electron chi connectivity index (χ0n) is 21.2. The van der Waals surface area contributed by atoms with Crippen molar-refractivity contribution in [2.75, 3.05) is 7.11 Å². The highest BCUT2D eigenvalue weighted by molar-refractivity contribution is 6.00. The summed E-state index contributed by atoms with van der Waals surface area (Å²) in [6, 6.07) is 29.7.